The molecular formula is C27H44N4O3. The van der Waals surface area contributed by atoms with Gasteiger partial charge in [0.15, 0.2) is 0 Å². The van der Waals surface area contributed by atoms with Crippen LogP contribution in [0.5, 0.6) is 0 Å². The van der Waals surface area contributed by atoms with Crippen LogP contribution in [0.15, 0.2) is 24.3 Å². The molecule has 2 aliphatic heterocycles. The van der Waals surface area contributed by atoms with Gasteiger partial charge in [0.2, 0.25) is 0 Å². The van der Waals surface area contributed by atoms with Crippen molar-refractivity contribution in [2.24, 2.45) is 0 Å². The Bertz CT molecular complexity index is 830. The maximum atomic E-state index is 13.1. The van der Waals surface area contributed by atoms with Gasteiger partial charge in [-0.1, -0.05) is 6.07 Å². The minimum Gasteiger partial charge on any atom is -0.349 e. The van der Waals surface area contributed by atoms with Crippen molar-refractivity contribution in [3.8, 4) is 0 Å². The van der Waals surface area contributed by atoms with Crippen molar-refractivity contribution >= 4 is 11.8 Å². The molecule has 190 valence electrons. The SMILES string of the molecule is CN1C(C)(C)CC(NC(=O)c2cccc(C(=O)NC3CC(C)(C)N(O)C(C)(C)C3)c2)CC1(C)C. The molecule has 34 heavy (non-hydrogen) atoms. The Balaban J connectivity index is 1.69. The molecular weight excluding hydrogens is 428 g/mol. The van der Waals surface area contributed by atoms with Gasteiger partial charge in [-0.05, 0) is 106 Å². The van der Waals surface area contributed by atoms with E-state index in [1.54, 1.807) is 24.3 Å². The highest BCUT2D eigenvalue weighted by molar-refractivity contribution is 5.99. The predicted octanol–water partition coefficient (Wildman–Crippen LogP) is 4.21. The molecule has 3 rings (SSSR count). The Morgan fingerprint density at radius 1 is 0.765 bits per heavy atom. The van der Waals surface area contributed by atoms with Crippen LogP contribution in [0, 0.1) is 0 Å². The van der Waals surface area contributed by atoms with E-state index in [-0.39, 0.29) is 35.0 Å². The van der Waals surface area contributed by atoms with Crippen LogP contribution in [0.25, 0.3) is 0 Å². The number of nitrogens with zero attached hydrogens (tertiary/aromatic N) is 2. The van der Waals surface area contributed by atoms with E-state index < -0.39 is 11.1 Å². The molecule has 0 unspecified atom stereocenters. The quantitative estimate of drug-likeness (QED) is 0.611. The van der Waals surface area contributed by atoms with Gasteiger partial charge in [-0.25, -0.2) is 0 Å². The van der Waals surface area contributed by atoms with Crippen LogP contribution in [0.1, 0.15) is 102 Å². The normalized spacial score (nSPS) is 25.0. The third-order valence-corrected chi connectivity index (χ3v) is 8.00. The van der Waals surface area contributed by atoms with E-state index in [0.717, 1.165) is 12.8 Å². The predicted molar refractivity (Wildman–Crippen MR) is 135 cm³/mol. The van der Waals surface area contributed by atoms with Crippen LogP contribution >= 0.6 is 0 Å². The van der Waals surface area contributed by atoms with Crippen molar-refractivity contribution in [3.63, 3.8) is 0 Å². The second kappa shape index (κ2) is 8.92. The van der Waals surface area contributed by atoms with Crippen LogP contribution in [-0.2, 0) is 0 Å². The lowest BCUT2D eigenvalue weighted by atomic mass is 9.77. The number of likely N-dealkylation sites (tertiary alicyclic amines) is 1. The Labute approximate surface area is 205 Å². The van der Waals surface area contributed by atoms with Gasteiger partial charge >= 0.3 is 0 Å². The minimum atomic E-state index is -0.447. The Hall–Kier alpha value is -1.96. The molecule has 1 aromatic carbocycles. The summed E-state index contributed by atoms with van der Waals surface area (Å²) in [5.41, 5.74) is 0.0284. The number of piperidine rings is 2. The number of carbonyl (C=O) groups excluding carboxylic acids is 2. The molecule has 0 bridgehead atoms. The fraction of sp³-hybridized carbons (Fsp3) is 0.704. The number of benzene rings is 1. The van der Waals surface area contributed by atoms with E-state index in [9.17, 15) is 14.8 Å². The monoisotopic (exact) mass is 472 g/mol. The zero-order valence-corrected chi connectivity index (χ0v) is 22.5. The van der Waals surface area contributed by atoms with Crippen LogP contribution in [0.2, 0.25) is 0 Å². The van der Waals surface area contributed by atoms with Crippen molar-refractivity contribution in [2.45, 2.75) is 115 Å². The Kier molecular flexibility index (Phi) is 6.99. The number of nitrogens with one attached hydrogen (secondary N) is 2. The van der Waals surface area contributed by atoms with E-state index in [1.165, 1.54) is 5.06 Å². The summed E-state index contributed by atoms with van der Waals surface area (Å²) in [6.07, 6.45) is 3.02. The molecule has 7 heteroatoms. The number of hydrogen-bond acceptors (Lipinski definition) is 5. The highest BCUT2D eigenvalue weighted by Gasteiger charge is 2.46. The summed E-state index contributed by atoms with van der Waals surface area (Å²) in [6, 6.07) is 6.93. The molecule has 2 fully saturated rings. The molecule has 0 saturated carbocycles. The van der Waals surface area contributed by atoms with Crippen molar-refractivity contribution < 1.29 is 14.8 Å². The zero-order chi connectivity index (χ0) is 25.7. The first kappa shape index (κ1) is 26.6. The maximum Gasteiger partial charge on any atom is 0.251 e. The lowest BCUT2D eigenvalue weighted by molar-refractivity contribution is -0.245. The molecule has 2 heterocycles. The van der Waals surface area contributed by atoms with E-state index in [1.807, 2.05) is 27.7 Å². The number of hydroxylamine groups is 2. The summed E-state index contributed by atoms with van der Waals surface area (Å²) in [5.74, 6) is -0.342. The number of hydrogen-bond donors (Lipinski definition) is 3. The summed E-state index contributed by atoms with van der Waals surface area (Å²) in [7, 11) is 2.15. The van der Waals surface area contributed by atoms with Gasteiger partial charge < -0.3 is 15.8 Å². The highest BCUT2D eigenvalue weighted by Crippen LogP contribution is 2.38. The first-order valence-electron chi connectivity index (χ1n) is 12.4. The third kappa shape index (κ3) is 5.47. The Morgan fingerprint density at radius 2 is 1.12 bits per heavy atom. The van der Waals surface area contributed by atoms with E-state index in [4.69, 9.17) is 0 Å². The summed E-state index contributed by atoms with van der Waals surface area (Å²) >= 11 is 0. The molecule has 0 radical (unpaired) electrons. The molecule has 7 nitrogen and oxygen atoms in total. The zero-order valence-electron chi connectivity index (χ0n) is 22.5. The summed E-state index contributed by atoms with van der Waals surface area (Å²) in [4.78, 5) is 28.5. The fourth-order valence-electron chi connectivity index (χ4n) is 6.19. The van der Waals surface area contributed by atoms with Crippen molar-refractivity contribution in [2.75, 3.05) is 7.05 Å². The lowest BCUT2D eigenvalue weighted by Crippen LogP contribution is -2.62. The third-order valence-electron chi connectivity index (χ3n) is 8.00. The van der Waals surface area contributed by atoms with E-state index in [2.05, 4.69) is 50.3 Å². The molecule has 0 atom stereocenters. The van der Waals surface area contributed by atoms with Gasteiger partial charge in [0.05, 0.1) is 0 Å². The van der Waals surface area contributed by atoms with Crippen LogP contribution < -0.4 is 10.6 Å². The van der Waals surface area contributed by atoms with Crippen LogP contribution in [0.3, 0.4) is 0 Å². The summed E-state index contributed by atoms with van der Waals surface area (Å²) in [5, 5.41) is 18.3. The first-order chi connectivity index (χ1) is 15.4. The van der Waals surface area contributed by atoms with Gasteiger partial charge in [0, 0.05) is 45.4 Å². The molecule has 2 amide bonds. The minimum absolute atomic E-state index is 0.0207. The smallest absolute Gasteiger partial charge is 0.251 e. The maximum absolute atomic E-state index is 13.1. The van der Waals surface area contributed by atoms with Crippen molar-refractivity contribution in [3.05, 3.63) is 35.4 Å². The number of amides is 2. The van der Waals surface area contributed by atoms with Gasteiger partial charge in [-0.2, -0.15) is 5.06 Å². The summed E-state index contributed by atoms with van der Waals surface area (Å²) < 4.78 is 0. The lowest BCUT2D eigenvalue weighted by Gasteiger charge is -2.53. The second-order valence-electron chi connectivity index (χ2n) is 12.9. The van der Waals surface area contributed by atoms with Crippen molar-refractivity contribution in [1.29, 1.82) is 0 Å². The van der Waals surface area contributed by atoms with Crippen molar-refractivity contribution in [1.82, 2.24) is 20.6 Å². The van der Waals surface area contributed by atoms with E-state index in [0.29, 0.717) is 24.0 Å². The highest BCUT2D eigenvalue weighted by atomic mass is 16.5. The molecule has 0 aromatic heterocycles. The molecule has 2 saturated heterocycles. The van der Waals surface area contributed by atoms with Crippen LogP contribution in [-0.4, -0.2) is 68.3 Å². The summed E-state index contributed by atoms with van der Waals surface area (Å²) in [6.45, 7) is 16.7. The first-order valence-corrected chi connectivity index (χ1v) is 12.4. The largest absolute Gasteiger partial charge is 0.349 e. The molecule has 1 aromatic rings. The number of carbonyl (C=O) groups is 2. The number of rotatable bonds is 4. The average Bonchev–Trinajstić information content (AvgIpc) is 2.69. The fourth-order valence-corrected chi connectivity index (χ4v) is 6.19. The standard InChI is InChI=1S/C27H44N4O3/c1-24(2)14-20(15-25(3,4)30(24)9)28-22(32)18-11-10-12-19(13-18)23(33)29-21-16-26(5,6)31(34)27(7,8)17-21/h10-13,20-21,34H,14-17H2,1-9H3,(H,28,32)(H,29,33). The topological polar surface area (TPSA) is 84.9 Å². The van der Waals surface area contributed by atoms with Crippen LogP contribution in [0.4, 0.5) is 0 Å². The molecule has 2 aliphatic rings. The van der Waals surface area contributed by atoms with Gasteiger partial charge in [0.1, 0.15) is 0 Å². The average molecular weight is 473 g/mol. The van der Waals surface area contributed by atoms with Gasteiger partial charge in [-0.3, -0.25) is 14.5 Å². The molecule has 0 spiro atoms. The van der Waals surface area contributed by atoms with E-state index >= 15 is 0 Å². The Morgan fingerprint density at radius 3 is 1.50 bits per heavy atom. The second-order valence-corrected chi connectivity index (χ2v) is 12.9. The van der Waals surface area contributed by atoms with Gasteiger partial charge in [0.25, 0.3) is 11.8 Å². The van der Waals surface area contributed by atoms with Gasteiger partial charge in [-0.15, -0.1) is 0 Å². The molecule has 0 aliphatic carbocycles. The molecule has 3 N–H and O–H groups in total.